The summed E-state index contributed by atoms with van der Waals surface area (Å²) < 4.78 is 0. The third kappa shape index (κ3) is 3.58. The largest absolute Gasteiger partial charge is 0.352 e. The number of hydrogen-bond acceptors (Lipinski definition) is 1. The Morgan fingerprint density at radius 2 is 2.60 bits per heavy atom. The molecular weight excluding hydrogens is 60.9 g/mol. The van der Waals surface area contributed by atoms with Gasteiger partial charge in [0.05, 0.1) is 0 Å². The van der Waals surface area contributed by atoms with E-state index >= 15 is 0 Å². The molecule has 0 aromatic heterocycles. The van der Waals surface area contributed by atoms with Crippen LogP contribution in [0.3, 0.4) is 0 Å². The van der Waals surface area contributed by atoms with E-state index in [9.17, 15) is 0 Å². The summed E-state index contributed by atoms with van der Waals surface area (Å²) in [4.78, 5) is 0. The molecule has 0 aliphatic rings. The van der Waals surface area contributed by atoms with Crippen LogP contribution in [0.25, 0.3) is 0 Å². The number of hydrogen-bond donors (Lipinski definition) is 1. The van der Waals surface area contributed by atoms with Crippen molar-refractivity contribution < 1.29 is 0 Å². The van der Waals surface area contributed by atoms with Crippen LogP contribution in [0.1, 0.15) is 0 Å². The second kappa shape index (κ2) is 3.58. The van der Waals surface area contributed by atoms with Crippen LogP contribution in [0.15, 0.2) is 0 Å². The van der Waals surface area contributed by atoms with E-state index < -0.39 is 0 Å². The second-order valence-corrected chi connectivity index (χ2v) is 0.734. The maximum atomic E-state index is 4.83. The molecule has 0 unspecified atom stereocenters. The topological polar surface area (TPSA) is 12.0 Å². The number of nitrogens with one attached hydrogen (secondary N) is 1. The molecule has 0 aliphatic heterocycles. The lowest BCUT2D eigenvalue weighted by atomic mass is 10.4. The van der Waals surface area contributed by atoms with Gasteiger partial charge in [-0.3, -0.25) is 0 Å². The van der Waals surface area contributed by atoms with E-state index in [1.54, 1.807) is 0 Å². The Kier molecular flexibility index (Phi) is 3.29. The van der Waals surface area contributed by atoms with Crippen molar-refractivity contribution in [2.24, 2.45) is 0 Å². The van der Waals surface area contributed by atoms with Crippen molar-refractivity contribution in [2.75, 3.05) is 6.54 Å². The van der Waals surface area contributed by atoms with E-state index in [2.05, 4.69) is 11.1 Å². The Bertz CT molecular complexity index is 45.3. The lowest BCUT2D eigenvalue weighted by molar-refractivity contribution is 1.14. The first-order valence-electron chi connectivity index (χ1n) is 1.50. The molecule has 0 spiro atoms. The maximum Gasteiger partial charge on any atom is 0.183 e. The van der Waals surface area contributed by atoms with E-state index in [1.807, 2.05) is 7.98 Å². The molecule has 0 radical (unpaired) electrons. The Balaban J connectivity index is 2.48. The maximum absolute atomic E-state index is 4.83. The Morgan fingerprint density at radius 3 is 2.60 bits per heavy atom. The van der Waals surface area contributed by atoms with Gasteiger partial charge in [-0.25, -0.2) is 0 Å². The number of terminal acetylenes is 1. The van der Waals surface area contributed by atoms with E-state index in [4.69, 9.17) is 6.42 Å². The van der Waals surface area contributed by atoms with Gasteiger partial charge in [0.25, 0.3) is 0 Å². The zero-order valence-electron chi connectivity index (χ0n) is 3.28. The summed E-state index contributed by atoms with van der Waals surface area (Å²) in [5, 5.41) is 2.78. The van der Waals surface area contributed by atoms with Gasteiger partial charge in [-0.15, -0.1) is 6.42 Å². The molecule has 2 heteroatoms. The van der Waals surface area contributed by atoms with Crippen molar-refractivity contribution in [1.82, 2.24) is 5.23 Å². The third-order valence-electron chi connectivity index (χ3n) is 0.279. The Labute approximate surface area is 33.2 Å². The van der Waals surface area contributed by atoms with Crippen LogP contribution in [0.4, 0.5) is 0 Å². The summed E-state index contributed by atoms with van der Waals surface area (Å²) in [6, 6.07) is 0. The summed E-state index contributed by atoms with van der Waals surface area (Å²) in [5.74, 6) is 2.41. The standard InChI is InChI=1S/C3H6BN/c1-2-3-5-4/h1,5H,3-4H2. The molecule has 5 heavy (non-hydrogen) atoms. The van der Waals surface area contributed by atoms with E-state index in [0.29, 0.717) is 6.54 Å². The quantitative estimate of drug-likeness (QED) is 0.298. The Hall–Kier alpha value is -0.415. The monoisotopic (exact) mass is 67.1 g/mol. The molecule has 1 nitrogen and oxygen atoms in total. The lowest BCUT2D eigenvalue weighted by Gasteiger charge is -1.76. The van der Waals surface area contributed by atoms with Crippen molar-refractivity contribution in [2.45, 2.75) is 0 Å². The minimum absolute atomic E-state index is 0.667. The lowest BCUT2D eigenvalue weighted by Crippen LogP contribution is -2.06. The minimum Gasteiger partial charge on any atom is -0.352 e. The van der Waals surface area contributed by atoms with E-state index in [1.165, 1.54) is 0 Å². The van der Waals surface area contributed by atoms with Crippen LogP contribution in [0.5, 0.6) is 0 Å². The molecule has 0 saturated carbocycles. The summed E-state index contributed by atoms with van der Waals surface area (Å²) in [7, 11) is 1.82. The van der Waals surface area contributed by atoms with Gasteiger partial charge in [0.15, 0.2) is 7.98 Å². The van der Waals surface area contributed by atoms with Crippen molar-refractivity contribution in [3.63, 3.8) is 0 Å². The van der Waals surface area contributed by atoms with Crippen LogP contribution < -0.4 is 5.23 Å². The highest BCUT2D eigenvalue weighted by atomic mass is 14.7. The normalized spacial score (nSPS) is 6.20. The highest BCUT2D eigenvalue weighted by Crippen LogP contribution is 1.36. The van der Waals surface area contributed by atoms with Crippen LogP contribution in [-0.2, 0) is 0 Å². The van der Waals surface area contributed by atoms with Gasteiger partial charge in [0.2, 0.25) is 0 Å². The SMILES string of the molecule is BNCC#C. The molecule has 26 valence electrons. The van der Waals surface area contributed by atoms with Gasteiger partial charge in [0.1, 0.15) is 0 Å². The van der Waals surface area contributed by atoms with Crippen molar-refractivity contribution in [1.29, 1.82) is 0 Å². The number of rotatable bonds is 1. The fourth-order valence-corrected chi connectivity index (χ4v) is 0.102. The average Bonchev–Trinajstić information content (AvgIpc) is 1.41. The van der Waals surface area contributed by atoms with Crippen molar-refractivity contribution in [3.05, 3.63) is 0 Å². The molecule has 0 aromatic carbocycles. The zero-order valence-corrected chi connectivity index (χ0v) is 3.28. The third-order valence-corrected chi connectivity index (χ3v) is 0.279. The molecule has 0 saturated heterocycles. The van der Waals surface area contributed by atoms with Crippen LogP contribution >= 0.6 is 0 Å². The van der Waals surface area contributed by atoms with Gasteiger partial charge < -0.3 is 5.23 Å². The van der Waals surface area contributed by atoms with Gasteiger partial charge >= 0.3 is 0 Å². The van der Waals surface area contributed by atoms with Crippen LogP contribution in [0.2, 0.25) is 0 Å². The van der Waals surface area contributed by atoms with Gasteiger partial charge in [-0.05, 0) is 0 Å². The molecule has 0 aliphatic carbocycles. The molecule has 0 amide bonds. The fraction of sp³-hybridized carbons (Fsp3) is 0.333. The van der Waals surface area contributed by atoms with Gasteiger partial charge in [-0.2, -0.15) is 0 Å². The molecule has 1 N–H and O–H groups in total. The highest BCUT2D eigenvalue weighted by molar-refractivity contribution is 6.04. The Morgan fingerprint density at radius 1 is 2.00 bits per heavy atom. The molecule has 0 fully saturated rings. The first-order chi connectivity index (χ1) is 2.41. The average molecular weight is 66.9 g/mol. The highest BCUT2D eigenvalue weighted by Gasteiger charge is 1.57. The molecule has 0 atom stereocenters. The first kappa shape index (κ1) is 4.58. The summed E-state index contributed by atoms with van der Waals surface area (Å²) in [6.07, 6.45) is 4.83. The van der Waals surface area contributed by atoms with E-state index in [0.717, 1.165) is 0 Å². The predicted molar refractivity (Wildman–Crippen MR) is 25.4 cm³/mol. The van der Waals surface area contributed by atoms with E-state index in [-0.39, 0.29) is 0 Å². The summed E-state index contributed by atoms with van der Waals surface area (Å²) in [5.41, 5.74) is 0. The predicted octanol–water partition coefficient (Wildman–Crippen LogP) is -1.24. The van der Waals surface area contributed by atoms with Crippen LogP contribution in [-0.4, -0.2) is 14.5 Å². The van der Waals surface area contributed by atoms with Crippen molar-refractivity contribution >= 4 is 7.98 Å². The van der Waals surface area contributed by atoms with Gasteiger partial charge in [-0.1, -0.05) is 5.92 Å². The molecule has 0 bridgehead atoms. The van der Waals surface area contributed by atoms with Crippen LogP contribution in [0, 0.1) is 12.3 Å². The zero-order chi connectivity index (χ0) is 4.12. The fourth-order valence-electron chi connectivity index (χ4n) is 0.102. The van der Waals surface area contributed by atoms with Crippen molar-refractivity contribution in [3.8, 4) is 12.3 Å². The smallest absolute Gasteiger partial charge is 0.183 e. The molecular formula is C3H6BN. The second-order valence-electron chi connectivity index (χ2n) is 0.734. The molecule has 0 aromatic rings. The summed E-state index contributed by atoms with van der Waals surface area (Å²) >= 11 is 0. The van der Waals surface area contributed by atoms with Gasteiger partial charge in [0, 0.05) is 6.54 Å². The molecule has 0 rings (SSSR count). The first-order valence-corrected chi connectivity index (χ1v) is 1.50. The molecule has 0 heterocycles. The minimum atomic E-state index is 0.667. The summed E-state index contributed by atoms with van der Waals surface area (Å²) in [6.45, 7) is 0.667.